The predicted molar refractivity (Wildman–Crippen MR) is 110 cm³/mol. The van der Waals surface area contributed by atoms with Crippen molar-refractivity contribution in [2.75, 3.05) is 20.2 Å². The van der Waals surface area contributed by atoms with Gasteiger partial charge in [0.15, 0.2) is 0 Å². The minimum Gasteiger partial charge on any atom is -0.497 e. The van der Waals surface area contributed by atoms with Gasteiger partial charge in [0.1, 0.15) is 17.6 Å². The standard InChI is InChI=1S/C22H27N3O5/c1-15(26)25-10-8-16(9-11-25)20(22(28)23-14-19-7-4-12-30-19)24-21(27)17-5-3-6-18(13-17)29-2/h3-7,12-13,16,20H,8-11,14H2,1-2H3,(H,23,28)(H,24,27)/t20-/m0/s1. The minimum atomic E-state index is -0.715. The number of nitrogens with zero attached hydrogens (tertiary/aromatic N) is 1. The first-order valence-corrected chi connectivity index (χ1v) is 9.98. The molecule has 2 aromatic rings. The average molecular weight is 413 g/mol. The third-order valence-corrected chi connectivity index (χ3v) is 5.37. The van der Waals surface area contributed by atoms with E-state index < -0.39 is 6.04 Å². The van der Waals surface area contributed by atoms with Crippen molar-refractivity contribution in [1.29, 1.82) is 0 Å². The molecule has 1 aliphatic heterocycles. The van der Waals surface area contributed by atoms with Gasteiger partial charge in [-0.3, -0.25) is 14.4 Å². The summed E-state index contributed by atoms with van der Waals surface area (Å²) in [4.78, 5) is 39.2. The van der Waals surface area contributed by atoms with Crippen LogP contribution in [0.1, 0.15) is 35.9 Å². The Hall–Kier alpha value is -3.29. The van der Waals surface area contributed by atoms with Crippen molar-refractivity contribution < 1.29 is 23.5 Å². The zero-order chi connectivity index (χ0) is 21.5. The molecular formula is C22H27N3O5. The lowest BCUT2D eigenvalue weighted by atomic mass is 9.88. The van der Waals surface area contributed by atoms with Gasteiger partial charge in [0.25, 0.3) is 5.91 Å². The normalized spacial score (nSPS) is 15.3. The maximum absolute atomic E-state index is 13.0. The number of methoxy groups -OCH3 is 1. The molecule has 2 N–H and O–H groups in total. The number of rotatable bonds is 7. The molecule has 0 radical (unpaired) electrons. The number of amides is 3. The fourth-order valence-corrected chi connectivity index (χ4v) is 3.63. The molecule has 1 aromatic carbocycles. The van der Waals surface area contributed by atoms with E-state index in [1.807, 2.05) is 0 Å². The van der Waals surface area contributed by atoms with Crippen LogP contribution in [0.5, 0.6) is 5.75 Å². The molecule has 3 rings (SSSR count). The lowest BCUT2D eigenvalue weighted by molar-refractivity contribution is -0.130. The Morgan fingerprint density at radius 3 is 2.60 bits per heavy atom. The molecule has 1 fully saturated rings. The maximum Gasteiger partial charge on any atom is 0.252 e. The molecular weight excluding hydrogens is 386 g/mol. The summed E-state index contributed by atoms with van der Waals surface area (Å²) in [6, 6.07) is 9.59. The fourth-order valence-electron chi connectivity index (χ4n) is 3.63. The molecule has 2 heterocycles. The second-order valence-corrected chi connectivity index (χ2v) is 7.32. The fraction of sp³-hybridized carbons (Fsp3) is 0.409. The molecule has 8 nitrogen and oxygen atoms in total. The van der Waals surface area contributed by atoms with Gasteiger partial charge in [0.05, 0.1) is 19.9 Å². The molecule has 1 atom stereocenters. The topological polar surface area (TPSA) is 101 Å². The maximum atomic E-state index is 13.0. The summed E-state index contributed by atoms with van der Waals surface area (Å²) >= 11 is 0. The number of benzene rings is 1. The van der Waals surface area contributed by atoms with E-state index in [0.29, 0.717) is 43.0 Å². The van der Waals surface area contributed by atoms with Crippen LogP contribution in [0.15, 0.2) is 47.1 Å². The molecule has 0 unspecified atom stereocenters. The summed E-state index contributed by atoms with van der Waals surface area (Å²) < 4.78 is 10.4. The van der Waals surface area contributed by atoms with E-state index in [9.17, 15) is 14.4 Å². The number of hydrogen-bond acceptors (Lipinski definition) is 5. The van der Waals surface area contributed by atoms with Crippen LogP contribution in [0.4, 0.5) is 0 Å². The first-order valence-electron chi connectivity index (χ1n) is 9.98. The number of carbonyl (C=O) groups is 3. The number of nitrogens with one attached hydrogen (secondary N) is 2. The Balaban J connectivity index is 1.71. The SMILES string of the molecule is COc1cccc(C(=O)N[C@H](C(=O)NCc2ccco2)C2CCN(C(C)=O)CC2)c1. The first kappa shape index (κ1) is 21.4. The van der Waals surface area contributed by atoms with Crippen LogP contribution in [-0.4, -0.2) is 48.9 Å². The Bertz CT molecular complexity index is 873. The van der Waals surface area contributed by atoms with Gasteiger partial charge in [-0.1, -0.05) is 6.07 Å². The quantitative estimate of drug-likeness (QED) is 0.723. The predicted octanol–water partition coefficient (Wildman–Crippen LogP) is 1.96. The van der Waals surface area contributed by atoms with Crippen molar-refractivity contribution >= 4 is 17.7 Å². The number of piperidine rings is 1. The van der Waals surface area contributed by atoms with Gasteiger partial charge in [-0.25, -0.2) is 0 Å². The molecule has 0 aliphatic carbocycles. The molecule has 30 heavy (non-hydrogen) atoms. The highest BCUT2D eigenvalue weighted by Gasteiger charge is 2.33. The summed E-state index contributed by atoms with van der Waals surface area (Å²) in [5.74, 6) is 0.522. The first-order chi connectivity index (χ1) is 14.5. The highest BCUT2D eigenvalue weighted by Crippen LogP contribution is 2.22. The van der Waals surface area contributed by atoms with E-state index >= 15 is 0 Å². The van der Waals surface area contributed by atoms with Gasteiger partial charge in [0, 0.05) is 25.6 Å². The van der Waals surface area contributed by atoms with E-state index in [1.165, 1.54) is 7.11 Å². The smallest absolute Gasteiger partial charge is 0.252 e. The van der Waals surface area contributed by atoms with Gasteiger partial charge < -0.3 is 24.7 Å². The van der Waals surface area contributed by atoms with Gasteiger partial charge in [-0.05, 0) is 49.1 Å². The summed E-state index contributed by atoms with van der Waals surface area (Å²) in [6.07, 6.45) is 2.81. The lowest BCUT2D eigenvalue weighted by Gasteiger charge is -2.35. The Morgan fingerprint density at radius 2 is 1.97 bits per heavy atom. The van der Waals surface area contributed by atoms with Crippen molar-refractivity contribution in [3.05, 3.63) is 54.0 Å². The molecule has 3 amide bonds. The molecule has 160 valence electrons. The van der Waals surface area contributed by atoms with E-state index in [2.05, 4.69) is 10.6 Å². The van der Waals surface area contributed by atoms with Crippen molar-refractivity contribution in [3.63, 3.8) is 0 Å². The Morgan fingerprint density at radius 1 is 1.20 bits per heavy atom. The molecule has 0 spiro atoms. The van der Waals surface area contributed by atoms with Crippen molar-refractivity contribution in [1.82, 2.24) is 15.5 Å². The minimum absolute atomic E-state index is 0.0210. The van der Waals surface area contributed by atoms with Crippen LogP contribution in [-0.2, 0) is 16.1 Å². The van der Waals surface area contributed by atoms with Gasteiger partial charge in [-0.2, -0.15) is 0 Å². The van der Waals surface area contributed by atoms with Crippen molar-refractivity contribution in [3.8, 4) is 5.75 Å². The van der Waals surface area contributed by atoms with Crippen LogP contribution in [0, 0.1) is 5.92 Å². The number of furan rings is 1. The van der Waals surface area contributed by atoms with E-state index in [0.717, 1.165) is 0 Å². The highest BCUT2D eigenvalue weighted by molar-refractivity contribution is 5.98. The summed E-state index contributed by atoms with van der Waals surface area (Å²) in [6.45, 7) is 2.91. The average Bonchev–Trinajstić information content (AvgIpc) is 3.29. The van der Waals surface area contributed by atoms with Gasteiger partial charge in [-0.15, -0.1) is 0 Å². The largest absolute Gasteiger partial charge is 0.497 e. The van der Waals surface area contributed by atoms with Crippen LogP contribution in [0.2, 0.25) is 0 Å². The molecule has 0 saturated carbocycles. The number of ether oxygens (including phenoxy) is 1. The second-order valence-electron chi connectivity index (χ2n) is 7.32. The molecule has 1 saturated heterocycles. The van der Waals surface area contributed by atoms with Crippen LogP contribution < -0.4 is 15.4 Å². The number of carbonyl (C=O) groups excluding carboxylic acids is 3. The van der Waals surface area contributed by atoms with Crippen LogP contribution >= 0.6 is 0 Å². The van der Waals surface area contributed by atoms with E-state index in [-0.39, 0.29) is 30.2 Å². The van der Waals surface area contributed by atoms with Crippen LogP contribution in [0.25, 0.3) is 0 Å². The number of hydrogen-bond donors (Lipinski definition) is 2. The molecule has 8 heteroatoms. The summed E-state index contributed by atoms with van der Waals surface area (Å²) in [5.41, 5.74) is 0.416. The van der Waals surface area contributed by atoms with Crippen molar-refractivity contribution in [2.24, 2.45) is 5.92 Å². The molecule has 0 bridgehead atoms. The van der Waals surface area contributed by atoms with Crippen LogP contribution in [0.3, 0.4) is 0 Å². The van der Waals surface area contributed by atoms with Crippen molar-refractivity contribution in [2.45, 2.75) is 32.4 Å². The monoisotopic (exact) mass is 413 g/mol. The zero-order valence-electron chi connectivity index (χ0n) is 17.2. The number of likely N-dealkylation sites (tertiary alicyclic amines) is 1. The molecule has 1 aromatic heterocycles. The Labute approximate surface area is 175 Å². The van der Waals surface area contributed by atoms with E-state index in [1.54, 1.807) is 54.5 Å². The lowest BCUT2D eigenvalue weighted by Crippen LogP contribution is -2.53. The third-order valence-electron chi connectivity index (χ3n) is 5.37. The molecule has 1 aliphatic rings. The van der Waals surface area contributed by atoms with Gasteiger partial charge in [0.2, 0.25) is 11.8 Å². The highest BCUT2D eigenvalue weighted by atomic mass is 16.5. The second kappa shape index (κ2) is 9.96. The third kappa shape index (κ3) is 5.40. The Kier molecular flexibility index (Phi) is 7.11. The summed E-state index contributed by atoms with van der Waals surface area (Å²) in [7, 11) is 1.53. The van der Waals surface area contributed by atoms with Gasteiger partial charge >= 0.3 is 0 Å². The zero-order valence-corrected chi connectivity index (χ0v) is 17.2. The van der Waals surface area contributed by atoms with E-state index in [4.69, 9.17) is 9.15 Å². The summed E-state index contributed by atoms with van der Waals surface area (Å²) in [5, 5.41) is 5.73.